The van der Waals surface area contributed by atoms with Gasteiger partial charge < -0.3 is 10.4 Å². The van der Waals surface area contributed by atoms with E-state index in [1.165, 1.54) is 24.2 Å². The van der Waals surface area contributed by atoms with Crippen molar-refractivity contribution in [2.24, 2.45) is 5.41 Å². The number of aromatic carboxylic acids is 1. The average molecular weight is 239 g/mol. The molecule has 1 fully saturated rings. The smallest absolute Gasteiger partial charge is 0.345 e. The van der Waals surface area contributed by atoms with Crippen LogP contribution < -0.4 is 5.32 Å². The second-order valence-electron chi connectivity index (χ2n) is 4.91. The predicted octanol–water partition coefficient (Wildman–Crippen LogP) is 2.64. The Morgan fingerprint density at radius 1 is 1.62 bits per heavy atom. The number of nitrogens with one attached hydrogen (secondary N) is 1. The molecule has 0 radical (unpaired) electrons. The van der Waals surface area contributed by atoms with Crippen molar-refractivity contribution < 1.29 is 9.90 Å². The predicted molar refractivity (Wildman–Crippen MR) is 65.1 cm³/mol. The maximum Gasteiger partial charge on any atom is 0.345 e. The van der Waals surface area contributed by atoms with E-state index in [2.05, 4.69) is 12.2 Å². The second-order valence-corrected chi connectivity index (χ2v) is 6.17. The van der Waals surface area contributed by atoms with Crippen molar-refractivity contribution in [2.45, 2.75) is 33.2 Å². The Labute approximate surface area is 99.5 Å². The standard InChI is InChI=1S/C12H17NO2S/c1-8-9(5-10(16-8)11(14)15)6-13-7-12(2)3-4-12/h5,13H,3-4,6-7H2,1-2H3,(H,14,15). The van der Waals surface area contributed by atoms with Crippen LogP contribution in [0.15, 0.2) is 6.07 Å². The van der Waals surface area contributed by atoms with Crippen LogP contribution in [0, 0.1) is 12.3 Å². The van der Waals surface area contributed by atoms with Crippen molar-refractivity contribution in [3.63, 3.8) is 0 Å². The highest BCUT2D eigenvalue weighted by Crippen LogP contribution is 2.44. The molecule has 3 nitrogen and oxygen atoms in total. The summed E-state index contributed by atoms with van der Waals surface area (Å²) in [5.74, 6) is -0.825. The molecule has 0 spiro atoms. The van der Waals surface area contributed by atoms with Gasteiger partial charge in [0.15, 0.2) is 0 Å². The van der Waals surface area contributed by atoms with E-state index in [9.17, 15) is 4.79 Å². The Morgan fingerprint density at radius 2 is 2.31 bits per heavy atom. The van der Waals surface area contributed by atoms with E-state index in [1.807, 2.05) is 6.92 Å². The van der Waals surface area contributed by atoms with Crippen LogP contribution in [0.2, 0.25) is 0 Å². The van der Waals surface area contributed by atoms with E-state index in [0.29, 0.717) is 10.3 Å². The van der Waals surface area contributed by atoms with E-state index in [-0.39, 0.29) is 0 Å². The van der Waals surface area contributed by atoms with Crippen LogP contribution in [-0.2, 0) is 6.54 Å². The quantitative estimate of drug-likeness (QED) is 0.830. The number of carboxylic acid groups (broad SMARTS) is 1. The fraction of sp³-hybridized carbons (Fsp3) is 0.583. The van der Waals surface area contributed by atoms with Crippen molar-refractivity contribution in [3.8, 4) is 0 Å². The molecule has 4 heteroatoms. The molecule has 0 atom stereocenters. The fourth-order valence-electron chi connectivity index (χ4n) is 1.69. The van der Waals surface area contributed by atoms with E-state index in [4.69, 9.17) is 5.11 Å². The van der Waals surface area contributed by atoms with Gasteiger partial charge in [0.2, 0.25) is 0 Å². The number of carboxylic acids is 1. The molecule has 88 valence electrons. The maximum absolute atomic E-state index is 10.8. The summed E-state index contributed by atoms with van der Waals surface area (Å²) in [5, 5.41) is 12.3. The van der Waals surface area contributed by atoms with Gasteiger partial charge in [0.05, 0.1) is 0 Å². The van der Waals surface area contributed by atoms with Crippen molar-refractivity contribution >= 4 is 17.3 Å². The van der Waals surface area contributed by atoms with Crippen molar-refractivity contribution in [3.05, 3.63) is 21.4 Å². The fourth-order valence-corrected chi connectivity index (χ4v) is 2.57. The zero-order chi connectivity index (χ0) is 11.8. The minimum Gasteiger partial charge on any atom is -0.477 e. The topological polar surface area (TPSA) is 49.3 Å². The van der Waals surface area contributed by atoms with Crippen molar-refractivity contribution in [1.29, 1.82) is 0 Å². The van der Waals surface area contributed by atoms with Gasteiger partial charge in [0.1, 0.15) is 4.88 Å². The molecule has 0 saturated heterocycles. The van der Waals surface area contributed by atoms with Crippen LogP contribution in [0.3, 0.4) is 0 Å². The van der Waals surface area contributed by atoms with Crippen LogP contribution in [-0.4, -0.2) is 17.6 Å². The molecular weight excluding hydrogens is 222 g/mol. The average Bonchev–Trinajstić information content (AvgIpc) is 2.81. The number of aryl methyl sites for hydroxylation is 1. The van der Waals surface area contributed by atoms with Crippen molar-refractivity contribution in [1.82, 2.24) is 5.32 Å². The number of rotatable bonds is 5. The lowest BCUT2D eigenvalue weighted by atomic mass is 10.1. The summed E-state index contributed by atoms with van der Waals surface area (Å²) in [6, 6.07) is 1.78. The molecular formula is C12H17NO2S. The largest absolute Gasteiger partial charge is 0.477 e. The van der Waals surface area contributed by atoms with Crippen LogP contribution in [0.4, 0.5) is 0 Å². The summed E-state index contributed by atoms with van der Waals surface area (Å²) >= 11 is 1.36. The third-order valence-corrected chi connectivity index (χ3v) is 4.28. The second kappa shape index (κ2) is 4.18. The minimum absolute atomic E-state index is 0.437. The Morgan fingerprint density at radius 3 is 2.81 bits per heavy atom. The number of hydrogen-bond acceptors (Lipinski definition) is 3. The molecule has 16 heavy (non-hydrogen) atoms. The molecule has 1 aromatic heterocycles. The van der Waals surface area contributed by atoms with Crippen LogP contribution in [0.1, 0.15) is 39.9 Å². The molecule has 0 unspecified atom stereocenters. The summed E-state index contributed by atoms with van der Waals surface area (Å²) in [5.41, 5.74) is 1.62. The molecule has 0 amide bonds. The molecule has 1 aromatic rings. The highest BCUT2D eigenvalue weighted by Gasteiger charge is 2.36. The van der Waals surface area contributed by atoms with Crippen LogP contribution in [0.5, 0.6) is 0 Å². The first-order valence-electron chi connectivity index (χ1n) is 5.53. The molecule has 1 saturated carbocycles. The first-order valence-corrected chi connectivity index (χ1v) is 6.35. The summed E-state index contributed by atoms with van der Waals surface area (Å²) in [7, 11) is 0. The molecule has 2 N–H and O–H groups in total. The van der Waals surface area contributed by atoms with Gasteiger partial charge in [-0.2, -0.15) is 0 Å². The molecule has 1 heterocycles. The lowest BCUT2D eigenvalue weighted by molar-refractivity contribution is 0.0702. The Hall–Kier alpha value is -0.870. The van der Waals surface area contributed by atoms with E-state index in [1.54, 1.807) is 6.07 Å². The lowest BCUT2D eigenvalue weighted by Crippen LogP contribution is -2.21. The molecule has 0 aromatic carbocycles. The van der Waals surface area contributed by atoms with Gasteiger partial charge in [-0.3, -0.25) is 0 Å². The van der Waals surface area contributed by atoms with Crippen LogP contribution >= 0.6 is 11.3 Å². The zero-order valence-corrected chi connectivity index (χ0v) is 10.5. The molecule has 2 rings (SSSR count). The SMILES string of the molecule is Cc1sc(C(=O)O)cc1CNCC1(C)CC1. The van der Waals surface area contributed by atoms with Gasteiger partial charge in [0.25, 0.3) is 0 Å². The Bertz CT molecular complexity index is 407. The zero-order valence-electron chi connectivity index (χ0n) is 9.67. The summed E-state index contributed by atoms with van der Waals surface area (Å²) in [4.78, 5) is 12.3. The van der Waals surface area contributed by atoms with E-state index >= 15 is 0 Å². The third kappa shape index (κ3) is 2.62. The third-order valence-electron chi connectivity index (χ3n) is 3.20. The molecule has 1 aliphatic rings. The minimum atomic E-state index is -0.825. The molecule has 0 bridgehead atoms. The number of carbonyl (C=O) groups is 1. The van der Waals surface area contributed by atoms with Gasteiger partial charge in [-0.05, 0) is 36.8 Å². The summed E-state index contributed by atoms with van der Waals surface area (Å²) in [6.07, 6.45) is 2.62. The van der Waals surface area contributed by atoms with Gasteiger partial charge in [-0.1, -0.05) is 6.92 Å². The first kappa shape index (κ1) is 11.6. The van der Waals surface area contributed by atoms with Gasteiger partial charge in [-0.25, -0.2) is 4.79 Å². The van der Waals surface area contributed by atoms with E-state index in [0.717, 1.165) is 23.5 Å². The first-order chi connectivity index (χ1) is 7.50. The van der Waals surface area contributed by atoms with Gasteiger partial charge >= 0.3 is 5.97 Å². The number of hydrogen-bond donors (Lipinski definition) is 2. The van der Waals surface area contributed by atoms with Crippen LogP contribution in [0.25, 0.3) is 0 Å². The van der Waals surface area contributed by atoms with Gasteiger partial charge in [-0.15, -0.1) is 11.3 Å². The Balaban J connectivity index is 1.90. The lowest BCUT2D eigenvalue weighted by Gasteiger charge is -2.09. The molecule has 1 aliphatic carbocycles. The monoisotopic (exact) mass is 239 g/mol. The summed E-state index contributed by atoms with van der Waals surface area (Å²) < 4.78 is 0. The Kier molecular flexibility index (Phi) is 3.04. The normalized spacial score (nSPS) is 17.4. The maximum atomic E-state index is 10.8. The van der Waals surface area contributed by atoms with Gasteiger partial charge in [0, 0.05) is 18.0 Å². The molecule has 0 aliphatic heterocycles. The highest BCUT2D eigenvalue weighted by atomic mass is 32.1. The number of thiophene rings is 1. The summed E-state index contributed by atoms with van der Waals surface area (Å²) in [6.45, 7) is 6.08. The van der Waals surface area contributed by atoms with E-state index < -0.39 is 5.97 Å². The highest BCUT2D eigenvalue weighted by molar-refractivity contribution is 7.14. The van der Waals surface area contributed by atoms with Crippen molar-refractivity contribution in [2.75, 3.05) is 6.54 Å².